The molecule has 0 aliphatic carbocycles. The van der Waals surface area contributed by atoms with Crippen molar-refractivity contribution < 1.29 is 73.8 Å². The predicted molar refractivity (Wildman–Crippen MR) is 252 cm³/mol. The number of allylic oxidation sites excluding steroid dienone is 10. The Morgan fingerprint density at radius 3 is 1.61 bits per heavy atom. The molecule has 2 aliphatic heterocycles. The van der Waals surface area contributed by atoms with E-state index in [0.29, 0.717) is 12.8 Å². The second-order valence-electron chi connectivity index (χ2n) is 17.3. The Hall–Kier alpha value is -2.80. The molecule has 15 heteroatoms. The van der Waals surface area contributed by atoms with E-state index >= 15 is 0 Å². The van der Waals surface area contributed by atoms with Crippen LogP contribution in [-0.2, 0) is 38.0 Å². The third-order valence-electron chi connectivity index (χ3n) is 11.6. The van der Waals surface area contributed by atoms with E-state index in [4.69, 9.17) is 28.4 Å². The summed E-state index contributed by atoms with van der Waals surface area (Å²) in [7, 11) is 0. The largest absolute Gasteiger partial charge is 0.462 e. The van der Waals surface area contributed by atoms with Crippen LogP contribution in [0.5, 0.6) is 0 Å². The average Bonchev–Trinajstić information content (AvgIpc) is 3.31. The molecule has 4 unspecified atom stereocenters. The van der Waals surface area contributed by atoms with Gasteiger partial charge in [0.1, 0.15) is 55.4 Å². The van der Waals surface area contributed by atoms with Crippen molar-refractivity contribution in [1.82, 2.24) is 0 Å². The van der Waals surface area contributed by atoms with Gasteiger partial charge in [-0.25, -0.2) is 0 Å². The number of aliphatic hydroxyl groups is 7. The molecule has 0 saturated carbocycles. The van der Waals surface area contributed by atoms with Crippen LogP contribution in [0.2, 0.25) is 0 Å². The Morgan fingerprint density at radius 2 is 1.00 bits per heavy atom. The van der Waals surface area contributed by atoms with Gasteiger partial charge < -0.3 is 64.2 Å². The maximum Gasteiger partial charge on any atom is 0.306 e. The molecule has 0 aromatic heterocycles. The van der Waals surface area contributed by atoms with Crippen LogP contribution in [0.3, 0.4) is 0 Å². The minimum atomic E-state index is -1.78. The summed E-state index contributed by atoms with van der Waals surface area (Å²) in [5.74, 6) is -1.01. The highest BCUT2D eigenvalue weighted by atomic mass is 16.7. The molecule has 2 heterocycles. The molecule has 2 saturated heterocycles. The summed E-state index contributed by atoms with van der Waals surface area (Å²) in [5.41, 5.74) is 0. The number of rotatable bonds is 37. The van der Waals surface area contributed by atoms with E-state index in [0.717, 1.165) is 51.4 Å². The highest BCUT2D eigenvalue weighted by molar-refractivity contribution is 5.70. The quantitative estimate of drug-likeness (QED) is 0.0153. The molecule has 7 N–H and O–H groups in total. The third kappa shape index (κ3) is 26.1. The summed E-state index contributed by atoms with van der Waals surface area (Å²) < 4.78 is 33.5. The second kappa shape index (κ2) is 38.1. The fourth-order valence-electron chi connectivity index (χ4n) is 7.48. The van der Waals surface area contributed by atoms with E-state index in [1.54, 1.807) is 0 Å². The summed E-state index contributed by atoms with van der Waals surface area (Å²) >= 11 is 0. The second-order valence-corrected chi connectivity index (χ2v) is 17.3. The first-order valence-electron chi connectivity index (χ1n) is 24.9. The zero-order valence-corrected chi connectivity index (χ0v) is 39.9. The zero-order valence-electron chi connectivity index (χ0n) is 39.9. The molecule has 380 valence electrons. The van der Waals surface area contributed by atoms with Gasteiger partial charge in [0.05, 0.1) is 19.8 Å². The average molecular weight is 939 g/mol. The van der Waals surface area contributed by atoms with Gasteiger partial charge >= 0.3 is 11.9 Å². The van der Waals surface area contributed by atoms with Crippen LogP contribution < -0.4 is 0 Å². The first kappa shape index (κ1) is 59.3. The first-order chi connectivity index (χ1) is 32.0. The lowest BCUT2D eigenvalue weighted by Gasteiger charge is -2.42. The normalized spacial score (nSPS) is 26.7. The van der Waals surface area contributed by atoms with Gasteiger partial charge in [0.15, 0.2) is 18.7 Å². The van der Waals surface area contributed by atoms with Crippen molar-refractivity contribution in [1.29, 1.82) is 0 Å². The Labute approximate surface area is 394 Å². The number of carbonyl (C=O) groups excluding carboxylic acids is 2. The molecule has 2 fully saturated rings. The lowest BCUT2D eigenvalue weighted by Crippen LogP contribution is -2.61. The van der Waals surface area contributed by atoms with Crippen molar-refractivity contribution in [2.24, 2.45) is 0 Å². The topological polar surface area (TPSA) is 231 Å². The summed E-state index contributed by atoms with van der Waals surface area (Å²) in [6, 6.07) is 0. The van der Waals surface area contributed by atoms with Gasteiger partial charge in [-0.2, -0.15) is 0 Å². The fourth-order valence-corrected chi connectivity index (χ4v) is 7.48. The molecule has 11 atom stereocenters. The molecular formula is C51H86O15. The Balaban J connectivity index is 1.85. The number of esters is 2. The van der Waals surface area contributed by atoms with Gasteiger partial charge in [-0.1, -0.05) is 158 Å². The number of unbranched alkanes of at least 4 members (excludes halogenated alkanes) is 16. The summed E-state index contributed by atoms with van der Waals surface area (Å²) in [6.45, 7) is 2.37. The lowest BCUT2D eigenvalue weighted by atomic mass is 9.98. The first-order valence-corrected chi connectivity index (χ1v) is 24.9. The predicted octanol–water partition coefficient (Wildman–Crippen LogP) is 6.49. The molecule has 0 amide bonds. The number of aliphatic hydroxyl groups excluding tert-OH is 7. The standard InChI is InChI=1S/C51H86O15/c1-3-5-7-9-11-13-15-17-19-21-23-25-27-29-31-33-42(53)61-36-39(64-43(54)34-32-30-28-26-24-22-20-18-16-14-12-10-8-6-4-2)37-62-50-49(60)47(58)45(56)41(66-50)38-63-51-48(59)46(57)44(55)40(35-52)65-51/h5,7,9,11,13,15,17,19,28,30,39-41,44-52,55-60H,3-4,6,8,10,12,14,16,18,20-27,29,31-38H2,1-2H3/b7-5+,11-9+,15-13+,19-17+,30-28+/t39-,40-,41-,44+,45+,46?,47?,48?,49?,50-,51-/m1/s1. The van der Waals surface area contributed by atoms with Crippen LogP contribution >= 0.6 is 0 Å². The van der Waals surface area contributed by atoms with Gasteiger partial charge in [0, 0.05) is 12.8 Å². The van der Waals surface area contributed by atoms with Crippen molar-refractivity contribution in [3.05, 3.63) is 60.8 Å². The van der Waals surface area contributed by atoms with Crippen LogP contribution in [0.15, 0.2) is 60.8 Å². The number of hydrogen-bond donors (Lipinski definition) is 7. The molecule has 0 aromatic rings. The van der Waals surface area contributed by atoms with Gasteiger partial charge in [-0.15, -0.1) is 0 Å². The summed E-state index contributed by atoms with van der Waals surface area (Å²) in [5, 5.41) is 72.0. The third-order valence-corrected chi connectivity index (χ3v) is 11.6. The highest BCUT2D eigenvalue weighted by Gasteiger charge is 2.47. The minimum Gasteiger partial charge on any atom is -0.462 e. The minimum absolute atomic E-state index is 0.0742. The Kier molecular flexibility index (Phi) is 34.2. The van der Waals surface area contributed by atoms with Crippen LogP contribution in [0, 0.1) is 0 Å². The molecule has 0 bridgehead atoms. The lowest BCUT2D eigenvalue weighted by molar-refractivity contribution is -0.332. The molecule has 0 radical (unpaired) electrons. The highest BCUT2D eigenvalue weighted by Crippen LogP contribution is 2.26. The molecule has 66 heavy (non-hydrogen) atoms. The van der Waals surface area contributed by atoms with Crippen LogP contribution in [0.25, 0.3) is 0 Å². The molecule has 0 aromatic carbocycles. The van der Waals surface area contributed by atoms with Crippen LogP contribution in [0.1, 0.15) is 155 Å². The van der Waals surface area contributed by atoms with Crippen LogP contribution in [-0.4, -0.2) is 142 Å². The number of ether oxygens (including phenoxy) is 6. The maximum absolute atomic E-state index is 13.0. The number of carbonyl (C=O) groups is 2. The van der Waals surface area contributed by atoms with Crippen molar-refractivity contribution in [2.75, 3.05) is 26.4 Å². The zero-order chi connectivity index (χ0) is 48.2. The SMILES string of the molecule is CC/C=C/C=C/C=C/C=C/CCCCCCCC(=O)OC[C@H](CO[C@@H]1O[C@H](CO[C@@H]2O[C@H](CO)[C@H](O)C(O)C2O)[C@H](O)C(O)C1O)OC(=O)CC/C=C/CCCCCCCCCCCCC. The van der Waals surface area contributed by atoms with Crippen LogP contribution in [0.4, 0.5) is 0 Å². The van der Waals surface area contributed by atoms with Crippen molar-refractivity contribution in [2.45, 2.75) is 223 Å². The summed E-state index contributed by atoms with van der Waals surface area (Å²) in [4.78, 5) is 25.7. The Bertz CT molecular complexity index is 1380. The van der Waals surface area contributed by atoms with Gasteiger partial charge in [-0.3, -0.25) is 9.59 Å². The fraction of sp³-hybridized carbons (Fsp3) is 0.765. The molecular weight excluding hydrogens is 853 g/mol. The van der Waals surface area contributed by atoms with E-state index in [9.17, 15) is 45.3 Å². The molecule has 0 spiro atoms. The molecule has 2 aliphatic rings. The molecule has 15 nitrogen and oxygen atoms in total. The van der Waals surface area contributed by atoms with Gasteiger partial charge in [0.25, 0.3) is 0 Å². The van der Waals surface area contributed by atoms with E-state index < -0.39 is 99.3 Å². The summed E-state index contributed by atoms with van der Waals surface area (Å²) in [6.07, 6.45) is 25.5. The Morgan fingerprint density at radius 1 is 0.500 bits per heavy atom. The van der Waals surface area contributed by atoms with Gasteiger partial charge in [0.2, 0.25) is 0 Å². The monoisotopic (exact) mass is 939 g/mol. The maximum atomic E-state index is 13.0. The van der Waals surface area contributed by atoms with E-state index in [2.05, 4.69) is 32.1 Å². The van der Waals surface area contributed by atoms with E-state index in [1.165, 1.54) is 64.2 Å². The number of hydrogen-bond acceptors (Lipinski definition) is 15. The van der Waals surface area contributed by atoms with Crippen molar-refractivity contribution in [3.63, 3.8) is 0 Å². The van der Waals surface area contributed by atoms with Crippen molar-refractivity contribution in [3.8, 4) is 0 Å². The van der Waals surface area contributed by atoms with Gasteiger partial charge in [-0.05, 0) is 44.9 Å². The van der Waals surface area contributed by atoms with E-state index in [1.807, 2.05) is 42.5 Å². The van der Waals surface area contributed by atoms with Crippen molar-refractivity contribution >= 4 is 11.9 Å². The molecule has 2 rings (SSSR count). The smallest absolute Gasteiger partial charge is 0.306 e. The van der Waals surface area contributed by atoms with E-state index in [-0.39, 0.29) is 19.4 Å².